The number of hydrogen-bond acceptors (Lipinski definition) is 22. The highest BCUT2D eigenvalue weighted by molar-refractivity contribution is 7.99. The minimum absolute atomic E-state index is 0.187. The van der Waals surface area contributed by atoms with Crippen LogP contribution >= 0.6 is 58.6 Å². The Balaban J connectivity index is 0.000000136. The lowest BCUT2D eigenvalue weighted by Crippen LogP contribution is -2.60. The smallest absolute Gasteiger partial charge is 0.408 e. The van der Waals surface area contributed by atoms with Crippen molar-refractivity contribution in [3.8, 4) is 23.0 Å². The number of anilines is 2. The molecule has 20 rings (SSSR count). The highest BCUT2D eigenvalue weighted by Crippen LogP contribution is 2.53. The van der Waals surface area contributed by atoms with Crippen LogP contribution in [-0.4, -0.2) is 184 Å². The van der Waals surface area contributed by atoms with E-state index in [-0.39, 0.29) is 27.4 Å². The molecule has 8 aliphatic heterocycles. The van der Waals surface area contributed by atoms with Gasteiger partial charge in [-0.25, -0.2) is 8.78 Å². The van der Waals surface area contributed by atoms with Gasteiger partial charge in [-0.2, -0.15) is 52.7 Å². The van der Waals surface area contributed by atoms with E-state index in [1.165, 1.54) is 127 Å². The van der Waals surface area contributed by atoms with Gasteiger partial charge in [0.25, 0.3) is 23.6 Å². The van der Waals surface area contributed by atoms with Gasteiger partial charge in [0, 0.05) is 142 Å². The number of thioether (sulfide) groups is 4. The summed E-state index contributed by atoms with van der Waals surface area (Å²) in [5, 5.41) is 48.5. The second-order valence-electron chi connectivity index (χ2n) is 36.2. The summed E-state index contributed by atoms with van der Waals surface area (Å²) in [5.41, 5.74) is 4.70. The lowest BCUT2D eigenvalue weighted by atomic mass is 9.93. The number of aromatic nitrogens is 4. The van der Waals surface area contributed by atoms with Crippen molar-refractivity contribution in [1.82, 2.24) is 38.3 Å². The van der Waals surface area contributed by atoms with Gasteiger partial charge in [-0.05, 0) is 138 Å². The molecule has 0 saturated carbocycles. The van der Waals surface area contributed by atoms with Crippen LogP contribution in [0.25, 0.3) is 0 Å². The maximum atomic E-state index is 15.2. The van der Waals surface area contributed by atoms with Crippen molar-refractivity contribution in [3.63, 3.8) is 0 Å². The average molecular weight is 2180 g/mol. The lowest BCUT2D eigenvalue weighted by molar-refractivity contribution is -0.173. The number of halogens is 15. The molecular formula is C103H89ClF14N14O14S4. The Morgan fingerprint density at radius 2 is 0.647 bits per heavy atom. The van der Waals surface area contributed by atoms with Crippen LogP contribution in [0, 0.1) is 18.6 Å². The third-order valence-electron chi connectivity index (χ3n) is 27.5. The molecule has 8 aliphatic rings. The second-order valence-corrected chi connectivity index (χ2v) is 40.5. The molecule has 47 heteroatoms. The molecule has 0 fully saturated rings. The molecule has 0 aliphatic carbocycles. The lowest BCUT2D eigenvalue weighted by Gasteiger charge is -2.46. The Labute approximate surface area is 866 Å². The van der Waals surface area contributed by atoms with Crippen molar-refractivity contribution in [2.75, 3.05) is 70.6 Å². The minimum atomic E-state index is -4.81. The largest absolute Gasteiger partial charge is 0.502 e. The Kier molecular flexibility index (Phi) is 29.3. The van der Waals surface area contributed by atoms with Crippen LogP contribution in [0.3, 0.4) is 0 Å². The summed E-state index contributed by atoms with van der Waals surface area (Å²) in [4.78, 5) is 134. The number of aromatic hydroxyl groups is 4. The fourth-order valence-corrected chi connectivity index (χ4v) is 24.2. The van der Waals surface area contributed by atoms with Gasteiger partial charge in [-0.1, -0.05) is 133 Å². The van der Waals surface area contributed by atoms with Crippen molar-refractivity contribution >= 4 is 105 Å². The first-order chi connectivity index (χ1) is 70.8. The van der Waals surface area contributed by atoms with Crippen molar-refractivity contribution in [2.24, 2.45) is 0 Å². The zero-order valence-electron chi connectivity index (χ0n) is 80.3. The van der Waals surface area contributed by atoms with E-state index >= 15 is 4.39 Å². The van der Waals surface area contributed by atoms with Gasteiger partial charge in [0.1, 0.15) is 68.5 Å². The zero-order valence-corrected chi connectivity index (χ0v) is 84.4. The summed E-state index contributed by atoms with van der Waals surface area (Å²) in [7, 11) is 3.24. The molecule has 12 heterocycles. The summed E-state index contributed by atoms with van der Waals surface area (Å²) in [6.07, 6.45) is -14.0. The van der Waals surface area contributed by atoms with E-state index < -0.39 is 202 Å². The van der Waals surface area contributed by atoms with E-state index in [2.05, 4.69) is 0 Å². The topological polar surface area (TPSA) is 304 Å². The van der Waals surface area contributed by atoms with Crippen molar-refractivity contribution in [1.29, 1.82) is 0 Å². The van der Waals surface area contributed by atoms with Crippen molar-refractivity contribution in [3.05, 3.63) is 359 Å². The number of aryl methyl sites for hydroxylation is 1. The van der Waals surface area contributed by atoms with Gasteiger partial charge >= 0.3 is 24.7 Å². The number of amides is 6. The monoisotopic (exact) mass is 2170 g/mol. The molecular weight excluding hydrogens is 2090 g/mol. The zero-order chi connectivity index (χ0) is 108. The van der Waals surface area contributed by atoms with Gasteiger partial charge in [0.15, 0.2) is 45.8 Å². The quantitative estimate of drug-likeness (QED) is 0.0925. The molecule has 8 aromatic carbocycles. The standard InChI is InChI=1S/C27H24F4N4O4S.C27H25F3N4O4S.C25H22F3N3O3S.C24H18ClF4N3O3S/c1-14(27(29,30)31)33-13-35(34-11-10-21(37)24(38)23(34)26(33)39)22-16-6-5-9-20(32(3)15(2)36)18(16)12-40-25-17(22)7-4-8-19(25)28;1-15(27(28,29)30)32-14-34(33-12-11-21(36)25(37)24(33)26(32)38)23-17-8-6-9-20(31(3)16(2)35)19(17)13-39-22-10-5-4-7-18(22)23;1-14-6-5-9-18-20(17-8-4-3-7-16(17)12-35-23(14)18)31-13-29(15(2)25(26,27)28)24(34)21-22(33)19(32)10-11-30(21)31;1-12(24(27,28)29)30-11-32(31-9-8-17(33)21(34)20(31)23(30)35)19-14-5-3-7-16(26)22(14)36-10-13-4-2-6-15(25)18(13)19/h4-11,14,22,38H,12-13H2,1-3H3;4-12,15,23,37H,13-14H2,1-3H3;3-11,15,20,33H,12-13H2,1-2H3;2-9,12,19,34H,10-11H2,1H3/t14-,22+;15-,23+;15-,20+;12-,19-/m1111/s1. The van der Waals surface area contributed by atoms with E-state index in [4.69, 9.17) is 11.6 Å². The predicted octanol–water partition coefficient (Wildman–Crippen LogP) is 18.2. The molecule has 0 unspecified atom stereocenters. The molecule has 8 atom stereocenters. The number of nitrogens with zero attached hydrogens (tertiary/aromatic N) is 14. The average Bonchev–Trinajstić information content (AvgIpc) is 1.29. The summed E-state index contributed by atoms with van der Waals surface area (Å²) in [6.45, 7) is 6.15. The molecule has 0 bridgehead atoms. The summed E-state index contributed by atoms with van der Waals surface area (Å²) < 4.78 is 201. The third kappa shape index (κ3) is 19.4. The molecule has 0 radical (unpaired) electrons. The van der Waals surface area contributed by atoms with Gasteiger partial charge < -0.3 is 49.8 Å². The van der Waals surface area contributed by atoms with Crippen LogP contribution in [0.2, 0.25) is 5.02 Å². The molecule has 0 spiro atoms. The van der Waals surface area contributed by atoms with E-state index in [1.807, 2.05) is 85.8 Å². The number of carbonyl (C=O) groups is 6. The Hall–Kier alpha value is -14.5. The van der Waals surface area contributed by atoms with E-state index in [1.54, 1.807) is 90.5 Å². The Morgan fingerprint density at radius 1 is 0.353 bits per heavy atom. The molecule has 12 aromatic rings. The fourth-order valence-electron chi connectivity index (χ4n) is 19.3. The van der Waals surface area contributed by atoms with Gasteiger partial charge in [0.05, 0.1) is 18.1 Å². The number of carbonyl (C=O) groups excluding carboxylic acids is 6. The molecule has 4 N–H and O–H groups in total. The third-order valence-corrected chi connectivity index (χ3v) is 32.6. The molecule has 0 saturated heterocycles. The number of fused-ring (bicyclic) bond motifs is 12. The highest BCUT2D eigenvalue weighted by Gasteiger charge is 2.54. The maximum absolute atomic E-state index is 15.2. The minimum Gasteiger partial charge on any atom is -0.502 e. The van der Waals surface area contributed by atoms with Gasteiger partial charge in [-0.3, -0.25) is 86.7 Å². The summed E-state index contributed by atoms with van der Waals surface area (Å²) in [5.74, 6) is -8.03. The molecule has 784 valence electrons. The van der Waals surface area contributed by atoms with Crippen LogP contribution in [-0.2, 0) is 32.6 Å². The summed E-state index contributed by atoms with van der Waals surface area (Å²) in [6, 6.07) is 37.5. The Bertz CT molecular complexity index is 7750. The number of rotatable bonds is 10. The van der Waals surface area contributed by atoms with Crippen LogP contribution < -0.4 is 51.6 Å². The van der Waals surface area contributed by atoms with Gasteiger partial charge in [-0.15, -0.1) is 47.0 Å². The van der Waals surface area contributed by atoms with E-state index in [0.717, 1.165) is 116 Å². The molecule has 4 aromatic heterocycles. The number of pyridine rings is 4. The number of alkyl halides is 12. The number of hydrogen-bond donors (Lipinski definition) is 4. The van der Waals surface area contributed by atoms with Gasteiger partial charge in [0.2, 0.25) is 33.5 Å². The van der Waals surface area contributed by atoms with Crippen molar-refractivity contribution in [2.45, 2.75) is 164 Å². The molecule has 6 amide bonds. The second kappa shape index (κ2) is 41.1. The predicted molar refractivity (Wildman–Crippen MR) is 534 cm³/mol. The fraction of sp³-hybridized carbons (Fsp3) is 0.282. The normalized spacial score (nSPS) is 17.9. The van der Waals surface area contributed by atoms with Crippen molar-refractivity contribution < 1.29 is 111 Å². The SMILES string of the molecule is CC(=O)N(C)c1cccc2c1CSc1c(F)cccc1[C@H]2N1CN([C@H](C)C(F)(F)F)C(=O)c2c(O)c(=O)ccn21.CC(=O)N(C)c1cccc2c1CSc1ccccc1[C@H]2N1CN([C@H](C)C(F)(F)F)C(=O)c2c(O)c(=O)ccn21.C[C@@H](N1CN([C@@H]2c3cccc(F)c3SCc3cccc(Cl)c32)n2ccc(=O)c(O)c2C1=O)C(F)(F)F.Cc1cccc2c1SCc1ccccc1[C@@H]2N1CN([C@H](C)C(F)(F)F)C(=O)c2c(O)c(=O)ccn21. The first kappa shape index (κ1) is 107. The summed E-state index contributed by atoms with van der Waals surface area (Å²) >= 11 is 12.2. The molecule has 150 heavy (non-hydrogen) atoms. The van der Waals surface area contributed by atoms with Crippen LogP contribution in [0.4, 0.5) is 72.8 Å². The molecule has 28 nitrogen and oxygen atoms in total. The van der Waals surface area contributed by atoms with Crippen LogP contribution in [0.1, 0.15) is 180 Å². The first-order valence-electron chi connectivity index (χ1n) is 46.0. The van der Waals surface area contributed by atoms with Crippen LogP contribution in [0.5, 0.6) is 23.0 Å². The van der Waals surface area contributed by atoms with E-state index in [9.17, 15) is 125 Å². The first-order valence-corrected chi connectivity index (χ1v) is 50.4. The number of benzene rings is 8. The van der Waals surface area contributed by atoms with Crippen LogP contribution in [0.15, 0.2) is 246 Å². The Morgan fingerprint density at radius 3 is 1.05 bits per heavy atom. The van der Waals surface area contributed by atoms with E-state index in [0.29, 0.717) is 81.1 Å². The highest BCUT2D eigenvalue weighted by atomic mass is 35.5. The maximum Gasteiger partial charge on any atom is 0.408 e.